The van der Waals surface area contributed by atoms with Crippen molar-refractivity contribution in [1.82, 2.24) is 0 Å². The van der Waals surface area contributed by atoms with Gasteiger partial charge in [0.15, 0.2) is 5.78 Å². The van der Waals surface area contributed by atoms with E-state index in [4.69, 9.17) is 0 Å². The van der Waals surface area contributed by atoms with Crippen molar-refractivity contribution in [3.8, 4) is 0 Å². The van der Waals surface area contributed by atoms with Crippen LogP contribution in [0.5, 0.6) is 0 Å². The minimum Gasteiger partial charge on any atom is -0.298 e. The quantitative estimate of drug-likeness (QED) is 0.787. The van der Waals surface area contributed by atoms with E-state index in [1.807, 2.05) is 0 Å². The Morgan fingerprint density at radius 2 is 1.93 bits per heavy atom. The van der Waals surface area contributed by atoms with E-state index in [9.17, 15) is 17.4 Å². The molecule has 0 bridgehead atoms. The molecule has 1 aromatic carbocycles. The number of rotatable bonds is 3. The van der Waals surface area contributed by atoms with E-state index in [-0.39, 0.29) is 4.90 Å². The molecule has 0 aliphatic carbocycles. The summed E-state index contributed by atoms with van der Waals surface area (Å²) in [6.07, 6.45) is 0. The number of hydrogen-bond donors (Lipinski definition) is 1. The van der Waals surface area contributed by atoms with Crippen LogP contribution in [-0.4, -0.2) is 20.3 Å². The molecule has 0 radical (unpaired) electrons. The van der Waals surface area contributed by atoms with E-state index in [1.54, 1.807) is 6.07 Å². The first-order chi connectivity index (χ1) is 6.30. The molecule has 5 heteroatoms. The fourth-order valence-electron chi connectivity index (χ4n) is 1.12. The lowest BCUT2D eigenvalue weighted by Crippen LogP contribution is -2.33. The zero-order chi connectivity index (χ0) is 10.8. The van der Waals surface area contributed by atoms with Gasteiger partial charge in [0.05, 0.1) is 4.90 Å². The standard InChI is InChI=1S/C9H11FO3S/c1-8(11)7-14(10,12,13)9-5-3-2-4-6-9/h2-6H,7H2,1H3,(H,12,13). The molecule has 0 aromatic heterocycles. The Balaban J connectivity index is 3.18. The Kier molecular flexibility index (Phi) is 2.56. The smallest absolute Gasteiger partial charge is 0.151 e. The predicted octanol–water partition coefficient (Wildman–Crippen LogP) is 1.81. The predicted molar refractivity (Wildman–Crippen MR) is 52.1 cm³/mol. The molecule has 0 fully saturated rings. The number of benzene rings is 1. The second-order valence-corrected chi connectivity index (χ2v) is 5.80. The Morgan fingerprint density at radius 1 is 1.43 bits per heavy atom. The van der Waals surface area contributed by atoms with E-state index in [0.717, 1.165) is 6.92 Å². The van der Waals surface area contributed by atoms with Crippen LogP contribution >= 0.6 is 0 Å². The number of carbonyl (C=O) groups excluding carboxylic acids is 1. The molecule has 1 rings (SSSR count). The van der Waals surface area contributed by atoms with Gasteiger partial charge >= 0.3 is 0 Å². The first kappa shape index (κ1) is 11.0. The normalized spacial score (nSPS) is 14.4. The van der Waals surface area contributed by atoms with Gasteiger partial charge in [-0.05, 0) is 28.8 Å². The van der Waals surface area contributed by atoms with Gasteiger partial charge in [0, 0.05) is 0 Å². The van der Waals surface area contributed by atoms with Gasteiger partial charge in [0.2, 0.25) is 0 Å². The fourth-order valence-corrected chi connectivity index (χ4v) is 2.68. The van der Waals surface area contributed by atoms with E-state index < -0.39 is 21.3 Å². The Labute approximate surface area is 81.5 Å². The maximum atomic E-state index is 13.6. The molecule has 0 heterocycles. The largest absolute Gasteiger partial charge is 0.298 e. The Hall–Kier alpha value is -1.07. The Morgan fingerprint density at radius 3 is 2.36 bits per heavy atom. The summed E-state index contributed by atoms with van der Waals surface area (Å²) in [6, 6.07) is 6.87. The summed E-state index contributed by atoms with van der Waals surface area (Å²) >= 11 is 0. The highest BCUT2D eigenvalue weighted by molar-refractivity contribution is 8.11. The van der Waals surface area contributed by atoms with Crippen LogP contribution in [0, 0.1) is 0 Å². The number of Topliss-reactive ketones (excluding diaryl/α,β-unsaturated/α-hetero) is 1. The van der Waals surface area contributed by atoms with Crippen molar-refractivity contribution in [3.05, 3.63) is 30.3 Å². The second kappa shape index (κ2) is 3.25. The van der Waals surface area contributed by atoms with Crippen molar-refractivity contribution in [2.24, 2.45) is 0 Å². The average Bonchev–Trinajstić information content (AvgIpc) is 2.02. The maximum absolute atomic E-state index is 13.6. The lowest BCUT2D eigenvalue weighted by Gasteiger charge is -2.32. The van der Waals surface area contributed by atoms with Gasteiger partial charge in [0.25, 0.3) is 0 Å². The van der Waals surface area contributed by atoms with Gasteiger partial charge in [-0.15, -0.1) is 0 Å². The fraction of sp³-hybridized carbons (Fsp3) is 0.222. The van der Waals surface area contributed by atoms with Crippen LogP contribution in [0.2, 0.25) is 0 Å². The summed E-state index contributed by atoms with van der Waals surface area (Å²) in [7, 11) is -5.46. The zero-order valence-electron chi connectivity index (χ0n) is 7.64. The average molecular weight is 218 g/mol. The van der Waals surface area contributed by atoms with Crippen molar-refractivity contribution in [3.63, 3.8) is 0 Å². The molecular formula is C9H11FO3S. The van der Waals surface area contributed by atoms with E-state index in [1.165, 1.54) is 24.3 Å². The van der Waals surface area contributed by atoms with Gasteiger partial charge in [-0.2, -0.15) is 4.21 Å². The van der Waals surface area contributed by atoms with Crippen LogP contribution in [-0.2, 0) is 14.5 Å². The summed E-state index contributed by atoms with van der Waals surface area (Å²) in [5.41, 5.74) is 0. The highest BCUT2D eigenvalue weighted by Crippen LogP contribution is 2.33. The first-order valence-electron chi connectivity index (χ1n) is 3.96. The van der Waals surface area contributed by atoms with Crippen LogP contribution in [0.25, 0.3) is 0 Å². The summed E-state index contributed by atoms with van der Waals surface area (Å²) in [5.74, 6) is -1.64. The second-order valence-electron chi connectivity index (χ2n) is 3.12. The third-order valence-corrected chi connectivity index (χ3v) is 3.75. The zero-order valence-corrected chi connectivity index (χ0v) is 8.46. The molecule has 1 N–H and O–H groups in total. The molecule has 0 atom stereocenters. The molecule has 14 heavy (non-hydrogen) atoms. The minimum atomic E-state index is -5.46. The number of hydrogen-bond acceptors (Lipinski definition) is 2. The van der Waals surface area contributed by atoms with E-state index >= 15 is 0 Å². The Bertz CT molecular complexity index is 407. The third-order valence-electron chi connectivity index (χ3n) is 1.65. The molecule has 0 unspecified atom stereocenters. The van der Waals surface area contributed by atoms with Crippen molar-refractivity contribution >= 4 is 15.5 Å². The highest BCUT2D eigenvalue weighted by atomic mass is 32.3. The molecule has 1 aromatic rings. The number of ketones is 1. The summed E-state index contributed by atoms with van der Waals surface area (Å²) in [6.45, 7) is 1.08. The van der Waals surface area contributed by atoms with E-state index in [2.05, 4.69) is 0 Å². The molecular weight excluding hydrogens is 207 g/mol. The van der Waals surface area contributed by atoms with E-state index in [0.29, 0.717) is 0 Å². The third kappa shape index (κ3) is 2.46. The lowest BCUT2D eigenvalue weighted by atomic mass is 10.4. The van der Waals surface area contributed by atoms with Gasteiger partial charge in [-0.25, -0.2) is 0 Å². The molecule has 0 amide bonds. The maximum Gasteiger partial charge on any atom is 0.151 e. The summed E-state index contributed by atoms with van der Waals surface area (Å²) in [5, 5.41) is 0. The molecule has 0 saturated carbocycles. The highest BCUT2D eigenvalue weighted by Gasteiger charge is 2.30. The first-order valence-corrected chi connectivity index (χ1v) is 5.96. The van der Waals surface area contributed by atoms with Gasteiger partial charge in [-0.3, -0.25) is 9.35 Å². The van der Waals surface area contributed by atoms with Gasteiger partial charge in [-0.1, -0.05) is 22.1 Å². The SMILES string of the molecule is CC(=O)CS(=O)(O)(F)c1ccccc1. The van der Waals surface area contributed by atoms with Crippen LogP contribution in [0.4, 0.5) is 3.89 Å². The topological polar surface area (TPSA) is 54.4 Å². The van der Waals surface area contributed by atoms with Crippen LogP contribution in [0.3, 0.4) is 0 Å². The number of carbonyl (C=O) groups is 1. The number of halogens is 1. The van der Waals surface area contributed by atoms with Crippen LogP contribution < -0.4 is 0 Å². The molecule has 3 nitrogen and oxygen atoms in total. The van der Waals surface area contributed by atoms with Crippen molar-refractivity contribution in [2.75, 3.05) is 5.75 Å². The lowest BCUT2D eigenvalue weighted by molar-refractivity contribution is -0.114. The van der Waals surface area contributed by atoms with Gasteiger partial charge in [0.1, 0.15) is 5.75 Å². The molecule has 0 saturated heterocycles. The van der Waals surface area contributed by atoms with Crippen LogP contribution in [0.1, 0.15) is 6.92 Å². The minimum absolute atomic E-state index is 0.347. The molecule has 0 spiro atoms. The molecule has 78 valence electrons. The monoisotopic (exact) mass is 218 g/mol. The summed E-state index contributed by atoms with van der Waals surface area (Å²) < 4.78 is 34.4. The van der Waals surface area contributed by atoms with Crippen molar-refractivity contribution in [1.29, 1.82) is 0 Å². The van der Waals surface area contributed by atoms with Gasteiger partial charge < -0.3 is 0 Å². The van der Waals surface area contributed by atoms with Crippen LogP contribution in [0.15, 0.2) is 35.2 Å². The summed E-state index contributed by atoms with van der Waals surface area (Å²) in [4.78, 5) is 10.3. The van der Waals surface area contributed by atoms with Crippen molar-refractivity contribution < 1.29 is 17.4 Å². The van der Waals surface area contributed by atoms with Crippen molar-refractivity contribution in [2.45, 2.75) is 11.8 Å². The molecule has 0 aliphatic heterocycles. The molecule has 0 aliphatic rings.